The molecule has 1 aromatic rings. The van der Waals surface area contributed by atoms with Gasteiger partial charge >= 0.3 is 0 Å². The van der Waals surface area contributed by atoms with Crippen molar-refractivity contribution in [1.29, 1.82) is 0 Å². The molecule has 2 N–H and O–H groups in total. The quantitative estimate of drug-likeness (QED) is 0.682. The lowest BCUT2D eigenvalue weighted by Gasteiger charge is -1.84. The Morgan fingerprint density at radius 1 is 1.70 bits per heavy atom. The van der Waals surface area contributed by atoms with Crippen molar-refractivity contribution in [1.82, 2.24) is 5.16 Å². The third-order valence-corrected chi connectivity index (χ3v) is 1.00. The topological polar surface area (TPSA) is 52.0 Å². The van der Waals surface area contributed by atoms with Gasteiger partial charge in [0, 0.05) is 6.07 Å². The monoisotopic (exact) mass is 148 g/mol. The average Bonchev–Trinajstić information content (AvgIpc) is 2.34. The van der Waals surface area contributed by atoms with Crippen LogP contribution in [-0.2, 0) is 6.54 Å². The first-order valence-electron chi connectivity index (χ1n) is 2.67. The summed E-state index contributed by atoms with van der Waals surface area (Å²) in [6.07, 6.45) is -2.58. The Bertz CT molecular complexity index is 211. The van der Waals surface area contributed by atoms with Crippen molar-refractivity contribution in [2.24, 2.45) is 5.73 Å². The lowest BCUT2D eigenvalue weighted by atomic mass is 10.4. The van der Waals surface area contributed by atoms with E-state index in [0.717, 1.165) is 6.07 Å². The molecule has 1 heterocycles. The fraction of sp³-hybridized carbons (Fsp3) is 0.400. The molecule has 0 saturated heterocycles. The molecular formula is C5H6F2N2O. The van der Waals surface area contributed by atoms with E-state index in [2.05, 4.69) is 9.68 Å². The maximum atomic E-state index is 11.8. The summed E-state index contributed by atoms with van der Waals surface area (Å²) >= 11 is 0. The molecule has 0 fully saturated rings. The molecule has 1 aromatic heterocycles. The molecule has 0 aliphatic heterocycles. The Morgan fingerprint density at radius 2 is 2.40 bits per heavy atom. The average molecular weight is 148 g/mol. The number of nitrogens with two attached hydrogens (primary N) is 1. The Balaban J connectivity index is 2.78. The molecular weight excluding hydrogens is 142 g/mol. The molecule has 5 heteroatoms. The number of hydrogen-bond donors (Lipinski definition) is 1. The largest absolute Gasteiger partial charge is 0.360 e. The Morgan fingerprint density at radius 3 is 2.70 bits per heavy atom. The second-order valence-corrected chi connectivity index (χ2v) is 1.72. The van der Waals surface area contributed by atoms with Crippen LogP contribution in [0.15, 0.2) is 10.6 Å². The lowest BCUT2D eigenvalue weighted by Crippen LogP contribution is -1.92. The Kier molecular flexibility index (Phi) is 1.96. The van der Waals surface area contributed by atoms with Gasteiger partial charge in [-0.3, -0.25) is 0 Å². The molecule has 1 rings (SSSR count). The van der Waals surface area contributed by atoms with Gasteiger partial charge in [0.2, 0.25) is 0 Å². The van der Waals surface area contributed by atoms with E-state index in [1.165, 1.54) is 0 Å². The summed E-state index contributed by atoms with van der Waals surface area (Å²) in [6.45, 7) is 0.0969. The van der Waals surface area contributed by atoms with Crippen LogP contribution in [0, 0.1) is 0 Å². The second kappa shape index (κ2) is 2.74. The highest BCUT2D eigenvalue weighted by atomic mass is 19.3. The van der Waals surface area contributed by atoms with Crippen molar-refractivity contribution in [3.05, 3.63) is 17.5 Å². The molecule has 0 aromatic carbocycles. The van der Waals surface area contributed by atoms with E-state index in [9.17, 15) is 8.78 Å². The van der Waals surface area contributed by atoms with Gasteiger partial charge in [0.15, 0.2) is 5.76 Å². The summed E-state index contributed by atoms with van der Waals surface area (Å²) in [4.78, 5) is 0. The van der Waals surface area contributed by atoms with Gasteiger partial charge in [-0.15, -0.1) is 0 Å². The number of hydrogen-bond acceptors (Lipinski definition) is 3. The molecule has 10 heavy (non-hydrogen) atoms. The zero-order chi connectivity index (χ0) is 7.56. The number of alkyl halides is 2. The molecule has 0 saturated carbocycles. The van der Waals surface area contributed by atoms with Crippen molar-refractivity contribution < 1.29 is 13.3 Å². The van der Waals surface area contributed by atoms with Crippen molar-refractivity contribution >= 4 is 0 Å². The van der Waals surface area contributed by atoms with Gasteiger partial charge in [0.25, 0.3) is 6.43 Å². The predicted octanol–water partition coefficient (Wildman–Crippen LogP) is 1.07. The number of halogens is 2. The zero-order valence-corrected chi connectivity index (χ0v) is 5.05. The van der Waals surface area contributed by atoms with Gasteiger partial charge in [-0.1, -0.05) is 5.16 Å². The Labute approximate surface area is 55.8 Å². The first-order chi connectivity index (χ1) is 4.74. The number of nitrogens with zero attached hydrogens (tertiary/aromatic N) is 1. The van der Waals surface area contributed by atoms with Gasteiger partial charge in [-0.25, -0.2) is 8.78 Å². The van der Waals surface area contributed by atoms with Crippen molar-refractivity contribution in [2.75, 3.05) is 0 Å². The normalized spacial score (nSPS) is 10.8. The van der Waals surface area contributed by atoms with E-state index in [-0.39, 0.29) is 18.0 Å². The van der Waals surface area contributed by atoms with Gasteiger partial charge in [-0.2, -0.15) is 0 Å². The van der Waals surface area contributed by atoms with Gasteiger partial charge in [0.05, 0.1) is 6.54 Å². The van der Waals surface area contributed by atoms with Crippen molar-refractivity contribution in [3.8, 4) is 0 Å². The van der Waals surface area contributed by atoms with E-state index < -0.39 is 6.43 Å². The molecule has 0 aliphatic carbocycles. The molecule has 0 bridgehead atoms. The molecule has 0 atom stereocenters. The minimum Gasteiger partial charge on any atom is -0.360 e. The van der Waals surface area contributed by atoms with Crippen molar-refractivity contribution in [3.63, 3.8) is 0 Å². The summed E-state index contributed by atoms with van der Waals surface area (Å²) < 4.78 is 27.9. The van der Waals surface area contributed by atoms with Crippen LogP contribution in [0.2, 0.25) is 0 Å². The predicted molar refractivity (Wildman–Crippen MR) is 29.4 cm³/mol. The third kappa shape index (κ3) is 1.30. The van der Waals surface area contributed by atoms with Crippen LogP contribution >= 0.6 is 0 Å². The maximum Gasteiger partial charge on any atom is 0.283 e. The minimum atomic E-state index is -2.58. The first kappa shape index (κ1) is 7.14. The second-order valence-electron chi connectivity index (χ2n) is 1.72. The van der Waals surface area contributed by atoms with E-state index in [4.69, 9.17) is 5.73 Å². The standard InChI is InChI=1S/C5H6F2N2O/c6-5(7)4-1-3(2-8)10-9-4/h1,5H,2,8H2. The highest BCUT2D eigenvalue weighted by Crippen LogP contribution is 2.17. The van der Waals surface area contributed by atoms with Crippen LogP contribution < -0.4 is 5.73 Å². The van der Waals surface area contributed by atoms with Crippen LogP contribution in [-0.4, -0.2) is 5.16 Å². The minimum absolute atomic E-state index is 0.0969. The zero-order valence-electron chi connectivity index (χ0n) is 5.05. The van der Waals surface area contributed by atoms with Crippen LogP contribution in [0.5, 0.6) is 0 Å². The smallest absolute Gasteiger partial charge is 0.283 e. The summed E-state index contributed by atoms with van der Waals surface area (Å²) in [5.74, 6) is 0.273. The van der Waals surface area contributed by atoms with Crippen LogP contribution in [0.25, 0.3) is 0 Å². The summed E-state index contributed by atoms with van der Waals surface area (Å²) in [5, 5.41) is 3.08. The van der Waals surface area contributed by atoms with E-state index in [0.29, 0.717) is 0 Å². The van der Waals surface area contributed by atoms with E-state index in [1.807, 2.05) is 0 Å². The van der Waals surface area contributed by atoms with Gasteiger partial charge in [-0.05, 0) is 0 Å². The third-order valence-electron chi connectivity index (χ3n) is 1.00. The first-order valence-corrected chi connectivity index (χ1v) is 2.67. The molecule has 0 radical (unpaired) electrons. The molecule has 0 aliphatic rings. The fourth-order valence-corrected chi connectivity index (χ4v) is 0.528. The maximum absolute atomic E-state index is 11.8. The van der Waals surface area contributed by atoms with E-state index in [1.54, 1.807) is 0 Å². The van der Waals surface area contributed by atoms with Crippen LogP contribution in [0.4, 0.5) is 8.78 Å². The number of aromatic nitrogens is 1. The lowest BCUT2D eigenvalue weighted by molar-refractivity contribution is 0.140. The summed E-state index contributed by atoms with van der Waals surface area (Å²) in [5.41, 5.74) is 4.72. The Hall–Kier alpha value is -0.970. The summed E-state index contributed by atoms with van der Waals surface area (Å²) in [7, 11) is 0. The number of rotatable bonds is 2. The van der Waals surface area contributed by atoms with E-state index >= 15 is 0 Å². The van der Waals surface area contributed by atoms with Gasteiger partial charge in [0.1, 0.15) is 5.69 Å². The van der Waals surface area contributed by atoms with Crippen LogP contribution in [0.3, 0.4) is 0 Å². The molecule has 0 unspecified atom stereocenters. The molecule has 0 amide bonds. The fourth-order valence-electron chi connectivity index (χ4n) is 0.528. The molecule has 0 spiro atoms. The van der Waals surface area contributed by atoms with Crippen molar-refractivity contribution in [2.45, 2.75) is 13.0 Å². The van der Waals surface area contributed by atoms with Gasteiger partial charge < -0.3 is 10.3 Å². The molecule has 56 valence electrons. The van der Waals surface area contributed by atoms with Crippen LogP contribution in [0.1, 0.15) is 17.9 Å². The SMILES string of the molecule is NCc1cc(C(F)F)no1. The molecule has 3 nitrogen and oxygen atoms in total. The highest BCUT2D eigenvalue weighted by Gasteiger charge is 2.12. The summed E-state index contributed by atoms with van der Waals surface area (Å²) in [6, 6.07) is 1.14. The highest BCUT2D eigenvalue weighted by molar-refractivity contribution is 5.05.